The normalized spacial score (nSPS) is 13.7. The van der Waals surface area contributed by atoms with Crippen molar-refractivity contribution in [3.8, 4) is 0 Å². The van der Waals surface area contributed by atoms with Crippen LogP contribution < -0.4 is 5.56 Å². The van der Waals surface area contributed by atoms with Crippen molar-refractivity contribution in [2.45, 2.75) is 30.7 Å². The van der Waals surface area contributed by atoms with Gasteiger partial charge in [-0.15, -0.1) is 23.1 Å². The van der Waals surface area contributed by atoms with Crippen LogP contribution in [0.25, 0.3) is 10.2 Å². The predicted molar refractivity (Wildman–Crippen MR) is 93.2 cm³/mol. The number of aryl methyl sites for hydroxylation is 2. The molecule has 3 aromatic rings. The van der Waals surface area contributed by atoms with Crippen molar-refractivity contribution in [3.05, 3.63) is 57.0 Å². The minimum absolute atomic E-state index is 0.110. The van der Waals surface area contributed by atoms with Crippen molar-refractivity contribution in [2.24, 2.45) is 0 Å². The Hall–Kier alpha value is -1.59. The van der Waals surface area contributed by atoms with E-state index in [1.807, 2.05) is 0 Å². The van der Waals surface area contributed by atoms with Gasteiger partial charge in [0.05, 0.1) is 18.3 Å². The molecule has 0 saturated heterocycles. The average molecular weight is 328 g/mol. The van der Waals surface area contributed by atoms with Crippen molar-refractivity contribution < 1.29 is 0 Å². The topological polar surface area (TPSA) is 34.9 Å². The third kappa shape index (κ3) is 2.29. The first-order chi connectivity index (χ1) is 10.8. The lowest BCUT2D eigenvalue weighted by atomic mass is 10.2. The molecule has 1 aromatic carbocycles. The summed E-state index contributed by atoms with van der Waals surface area (Å²) >= 11 is 3.42. The van der Waals surface area contributed by atoms with Gasteiger partial charge in [0.1, 0.15) is 4.83 Å². The van der Waals surface area contributed by atoms with Gasteiger partial charge in [-0.25, -0.2) is 4.98 Å². The number of fused-ring (bicyclic) bond motifs is 3. The molecule has 4 rings (SSSR count). The largest absolute Gasteiger partial charge is 0.294 e. The third-order valence-corrected chi connectivity index (χ3v) is 6.15. The zero-order valence-electron chi connectivity index (χ0n) is 12.3. The lowest BCUT2D eigenvalue weighted by Crippen LogP contribution is -2.21. The van der Waals surface area contributed by atoms with E-state index in [2.05, 4.69) is 35.5 Å². The monoisotopic (exact) mass is 328 g/mol. The molecule has 0 N–H and O–H groups in total. The summed E-state index contributed by atoms with van der Waals surface area (Å²) < 4.78 is 1.74. The zero-order valence-corrected chi connectivity index (χ0v) is 14.0. The highest BCUT2D eigenvalue weighted by Gasteiger charge is 2.21. The summed E-state index contributed by atoms with van der Waals surface area (Å²) in [5, 5.41) is 0.862. The average Bonchev–Trinajstić information content (AvgIpc) is 3.11. The molecule has 0 saturated carbocycles. The molecule has 1 aliphatic rings. The maximum atomic E-state index is 12.8. The van der Waals surface area contributed by atoms with E-state index in [0.29, 0.717) is 6.54 Å². The van der Waals surface area contributed by atoms with E-state index >= 15 is 0 Å². The summed E-state index contributed by atoms with van der Waals surface area (Å²) in [5.41, 5.74) is 2.50. The zero-order chi connectivity index (χ0) is 15.1. The Balaban J connectivity index is 1.75. The summed E-state index contributed by atoms with van der Waals surface area (Å²) in [4.78, 5) is 20.8. The first kappa shape index (κ1) is 14.0. The number of benzene rings is 1. The number of thiophene rings is 1. The maximum Gasteiger partial charge on any atom is 0.262 e. The minimum atomic E-state index is 0.110. The first-order valence-corrected chi connectivity index (χ1v) is 9.43. The van der Waals surface area contributed by atoms with Crippen LogP contribution in [-0.4, -0.2) is 15.8 Å². The molecular weight excluding hydrogens is 312 g/mol. The highest BCUT2D eigenvalue weighted by molar-refractivity contribution is 7.98. The highest BCUT2D eigenvalue weighted by Crippen LogP contribution is 2.34. The van der Waals surface area contributed by atoms with Gasteiger partial charge in [-0.05, 0) is 48.8 Å². The van der Waals surface area contributed by atoms with Gasteiger partial charge in [0.15, 0.2) is 0 Å². The number of hydrogen-bond acceptors (Lipinski definition) is 4. The van der Waals surface area contributed by atoms with E-state index in [4.69, 9.17) is 0 Å². The van der Waals surface area contributed by atoms with Crippen molar-refractivity contribution in [1.82, 2.24) is 9.55 Å². The molecule has 1 aliphatic carbocycles. The molecule has 2 heterocycles. The molecule has 0 spiro atoms. The Bertz CT molecular complexity index is 893. The van der Waals surface area contributed by atoms with Crippen LogP contribution >= 0.6 is 23.1 Å². The third-order valence-electron chi connectivity index (χ3n) is 4.20. The van der Waals surface area contributed by atoms with E-state index in [1.54, 1.807) is 34.0 Å². The van der Waals surface area contributed by atoms with Gasteiger partial charge in [-0.3, -0.25) is 9.36 Å². The second-order valence-corrected chi connectivity index (χ2v) is 7.53. The lowest BCUT2D eigenvalue weighted by molar-refractivity contribution is 0.748. The summed E-state index contributed by atoms with van der Waals surface area (Å²) in [6.07, 6.45) is 7.06. The second kappa shape index (κ2) is 5.56. The molecule has 5 heteroatoms. The lowest BCUT2D eigenvalue weighted by Gasteiger charge is -2.06. The van der Waals surface area contributed by atoms with Gasteiger partial charge in [-0.1, -0.05) is 12.1 Å². The quantitative estimate of drug-likeness (QED) is 0.687. The summed E-state index contributed by atoms with van der Waals surface area (Å²) in [7, 11) is 0. The van der Waals surface area contributed by atoms with Crippen LogP contribution in [0.3, 0.4) is 0 Å². The first-order valence-electron chi connectivity index (χ1n) is 7.39. The molecule has 112 valence electrons. The highest BCUT2D eigenvalue weighted by atomic mass is 32.2. The number of nitrogens with zero attached hydrogens (tertiary/aromatic N) is 2. The molecule has 0 atom stereocenters. The smallest absolute Gasteiger partial charge is 0.262 e. The second-order valence-electron chi connectivity index (χ2n) is 5.56. The van der Waals surface area contributed by atoms with E-state index in [0.717, 1.165) is 28.6 Å². The van der Waals surface area contributed by atoms with Crippen LogP contribution in [-0.2, 0) is 19.4 Å². The minimum Gasteiger partial charge on any atom is -0.294 e. The molecule has 0 amide bonds. The van der Waals surface area contributed by atoms with E-state index in [1.165, 1.54) is 21.8 Å². The number of rotatable bonds is 3. The Morgan fingerprint density at radius 1 is 1.27 bits per heavy atom. The van der Waals surface area contributed by atoms with Gasteiger partial charge in [0, 0.05) is 9.77 Å². The van der Waals surface area contributed by atoms with Crippen LogP contribution in [0.4, 0.5) is 0 Å². The van der Waals surface area contributed by atoms with Crippen molar-refractivity contribution in [1.29, 1.82) is 0 Å². The van der Waals surface area contributed by atoms with Crippen LogP contribution in [0.1, 0.15) is 22.4 Å². The van der Waals surface area contributed by atoms with E-state index in [9.17, 15) is 4.79 Å². The van der Waals surface area contributed by atoms with Crippen LogP contribution in [0.15, 0.2) is 40.3 Å². The summed E-state index contributed by atoms with van der Waals surface area (Å²) in [5.74, 6) is 0. The molecular formula is C17H16N2OS2. The van der Waals surface area contributed by atoms with Crippen LogP contribution in [0.2, 0.25) is 0 Å². The number of thioether (sulfide) groups is 1. The van der Waals surface area contributed by atoms with Crippen molar-refractivity contribution in [2.75, 3.05) is 6.26 Å². The summed E-state index contributed by atoms with van der Waals surface area (Å²) in [6.45, 7) is 0.584. The maximum absolute atomic E-state index is 12.8. The number of aromatic nitrogens is 2. The van der Waals surface area contributed by atoms with Gasteiger partial charge in [0.2, 0.25) is 0 Å². The summed E-state index contributed by atoms with van der Waals surface area (Å²) in [6, 6.07) is 8.36. The number of hydrogen-bond donors (Lipinski definition) is 0. The fourth-order valence-electron chi connectivity index (χ4n) is 3.06. The van der Waals surface area contributed by atoms with E-state index < -0.39 is 0 Å². The Labute approximate surface area is 137 Å². The molecule has 0 bridgehead atoms. The van der Waals surface area contributed by atoms with Gasteiger partial charge in [0.25, 0.3) is 5.56 Å². The standard InChI is InChI=1S/C17H16N2OS2/c1-21-12-7-5-11(6-8-12)9-19-10-18-16-15(17(19)20)13-3-2-4-14(13)22-16/h5-8,10H,2-4,9H2,1H3. The predicted octanol–water partition coefficient (Wildman–Crippen LogP) is 3.72. The SMILES string of the molecule is CSc1ccc(Cn2cnc3sc4c(c3c2=O)CCC4)cc1. The van der Waals surface area contributed by atoms with Gasteiger partial charge < -0.3 is 0 Å². The molecule has 0 radical (unpaired) electrons. The van der Waals surface area contributed by atoms with Crippen molar-refractivity contribution >= 4 is 33.3 Å². The molecule has 22 heavy (non-hydrogen) atoms. The Morgan fingerprint density at radius 3 is 2.86 bits per heavy atom. The Kier molecular flexibility index (Phi) is 3.54. The van der Waals surface area contributed by atoms with Gasteiger partial charge >= 0.3 is 0 Å². The fourth-order valence-corrected chi connectivity index (χ4v) is 4.69. The molecule has 3 nitrogen and oxygen atoms in total. The van der Waals surface area contributed by atoms with Crippen LogP contribution in [0.5, 0.6) is 0 Å². The fraction of sp³-hybridized carbons (Fsp3) is 0.294. The van der Waals surface area contributed by atoms with Crippen LogP contribution in [0, 0.1) is 0 Å². The molecule has 0 unspecified atom stereocenters. The molecule has 0 fully saturated rings. The molecule has 0 aliphatic heterocycles. The molecule has 2 aromatic heterocycles. The Morgan fingerprint density at radius 2 is 2.09 bits per heavy atom. The van der Waals surface area contributed by atoms with Crippen molar-refractivity contribution in [3.63, 3.8) is 0 Å². The van der Waals surface area contributed by atoms with E-state index in [-0.39, 0.29) is 5.56 Å². The van der Waals surface area contributed by atoms with Gasteiger partial charge in [-0.2, -0.15) is 0 Å².